The first-order valence-corrected chi connectivity index (χ1v) is 9.05. The van der Waals surface area contributed by atoms with E-state index in [1.165, 1.54) is 30.4 Å². The van der Waals surface area contributed by atoms with Crippen LogP contribution in [0.15, 0.2) is 24.3 Å². The second-order valence-electron chi connectivity index (χ2n) is 7.52. The molecule has 2 aliphatic carbocycles. The molecule has 23 heavy (non-hydrogen) atoms. The summed E-state index contributed by atoms with van der Waals surface area (Å²) in [5.74, 6) is 1.39. The third kappa shape index (κ3) is 2.90. The minimum absolute atomic E-state index is 0.0656. The Bertz CT molecular complexity index is 586. The fourth-order valence-corrected chi connectivity index (χ4v) is 4.92. The third-order valence-corrected chi connectivity index (χ3v) is 6.22. The van der Waals surface area contributed by atoms with E-state index in [0.717, 1.165) is 32.6 Å². The van der Waals surface area contributed by atoms with Gasteiger partial charge in [0.2, 0.25) is 5.91 Å². The van der Waals surface area contributed by atoms with E-state index in [-0.39, 0.29) is 17.9 Å². The molecule has 1 aliphatic heterocycles. The normalized spacial score (nSPS) is 32.7. The molecule has 0 aromatic heterocycles. The molecule has 4 rings (SSSR count). The average Bonchev–Trinajstić information content (AvgIpc) is 3.15. The van der Waals surface area contributed by atoms with Crippen LogP contribution in [0.25, 0.3) is 0 Å². The lowest BCUT2D eigenvalue weighted by molar-refractivity contribution is -0.127. The maximum atomic E-state index is 12.5. The first-order valence-electron chi connectivity index (χ1n) is 9.05. The molecule has 124 valence electrons. The Labute approximate surface area is 138 Å². The van der Waals surface area contributed by atoms with Gasteiger partial charge in [0.1, 0.15) is 0 Å². The predicted molar refractivity (Wildman–Crippen MR) is 90.7 cm³/mol. The molecule has 1 aromatic rings. The summed E-state index contributed by atoms with van der Waals surface area (Å²) in [7, 11) is 0. The topological polar surface area (TPSA) is 58.4 Å². The van der Waals surface area contributed by atoms with Crippen LogP contribution in [0.5, 0.6) is 0 Å². The van der Waals surface area contributed by atoms with Crippen molar-refractivity contribution in [3.8, 4) is 0 Å². The summed E-state index contributed by atoms with van der Waals surface area (Å²) in [6, 6.07) is 8.77. The van der Waals surface area contributed by atoms with Crippen molar-refractivity contribution in [3.63, 3.8) is 0 Å². The van der Waals surface area contributed by atoms with E-state index in [4.69, 9.17) is 5.73 Å². The van der Waals surface area contributed by atoms with Crippen LogP contribution in [0, 0.1) is 17.8 Å². The minimum atomic E-state index is 0.0656. The van der Waals surface area contributed by atoms with Crippen molar-refractivity contribution in [2.45, 2.75) is 38.3 Å². The van der Waals surface area contributed by atoms with Crippen LogP contribution in [0.4, 0.5) is 0 Å². The Morgan fingerprint density at radius 3 is 2.78 bits per heavy atom. The zero-order chi connectivity index (χ0) is 15.8. The van der Waals surface area contributed by atoms with Crippen LogP contribution in [-0.4, -0.2) is 36.5 Å². The second-order valence-corrected chi connectivity index (χ2v) is 7.52. The summed E-state index contributed by atoms with van der Waals surface area (Å²) < 4.78 is 0. The number of carbonyl (C=O) groups excluding carboxylic acids is 1. The van der Waals surface area contributed by atoms with E-state index < -0.39 is 0 Å². The molecule has 1 aromatic carbocycles. The number of fused-ring (bicyclic) bond motifs is 3. The number of hydrogen-bond donors (Lipinski definition) is 2. The van der Waals surface area contributed by atoms with Gasteiger partial charge < -0.3 is 11.1 Å². The van der Waals surface area contributed by atoms with Crippen molar-refractivity contribution in [2.75, 3.05) is 19.6 Å². The molecule has 4 heteroatoms. The summed E-state index contributed by atoms with van der Waals surface area (Å²) in [5.41, 5.74) is 9.17. The van der Waals surface area contributed by atoms with Crippen molar-refractivity contribution in [1.82, 2.24) is 10.2 Å². The molecule has 4 atom stereocenters. The summed E-state index contributed by atoms with van der Waals surface area (Å²) in [4.78, 5) is 14.9. The van der Waals surface area contributed by atoms with E-state index >= 15 is 0 Å². The molecule has 1 amide bonds. The fraction of sp³-hybridized carbons (Fsp3) is 0.632. The maximum Gasteiger partial charge on any atom is 0.225 e. The molecular weight excluding hydrogens is 286 g/mol. The quantitative estimate of drug-likeness (QED) is 0.886. The van der Waals surface area contributed by atoms with Gasteiger partial charge in [-0.1, -0.05) is 24.3 Å². The highest BCUT2D eigenvalue weighted by Crippen LogP contribution is 2.47. The van der Waals surface area contributed by atoms with Gasteiger partial charge in [-0.3, -0.25) is 9.69 Å². The van der Waals surface area contributed by atoms with E-state index in [2.05, 4.69) is 34.5 Å². The molecule has 4 unspecified atom stereocenters. The summed E-state index contributed by atoms with van der Waals surface area (Å²) in [6.45, 7) is 3.75. The summed E-state index contributed by atoms with van der Waals surface area (Å²) in [6.07, 6.45) is 4.70. The molecule has 0 radical (unpaired) electrons. The highest BCUT2D eigenvalue weighted by molar-refractivity contribution is 5.80. The zero-order valence-corrected chi connectivity index (χ0v) is 13.7. The number of nitrogens with one attached hydrogen (secondary N) is 1. The number of nitrogens with two attached hydrogens (primary N) is 1. The lowest BCUT2D eigenvalue weighted by Crippen LogP contribution is -2.47. The number of rotatable bonds is 4. The van der Waals surface area contributed by atoms with Gasteiger partial charge in [0.25, 0.3) is 0 Å². The first kappa shape index (κ1) is 15.2. The molecule has 0 saturated heterocycles. The van der Waals surface area contributed by atoms with Crippen LogP contribution in [0.3, 0.4) is 0 Å². The highest BCUT2D eigenvalue weighted by Gasteiger charge is 2.48. The number of amides is 1. The predicted octanol–water partition coefficient (Wildman–Crippen LogP) is 1.53. The van der Waals surface area contributed by atoms with E-state index in [9.17, 15) is 4.79 Å². The van der Waals surface area contributed by atoms with Gasteiger partial charge in [0, 0.05) is 32.2 Å². The van der Waals surface area contributed by atoms with E-state index in [1.54, 1.807) is 0 Å². The van der Waals surface area contributed by atoms with Gasteiger partial charge in [0.05, 0.1) is 5.92 Å². The Morgan fingerprint density at radius 1 is 1.22 bits per heavy atom. The lowest BCUT2D eigenvalue weighted by Gasteiger charge is -2.30. The van der Waals surface area contributed by atoms with E-state index in [0.29, 0.717) is 11.8 Å². The number of benzene rings is 1. The molecule has 2 fully saturated rings. The molecule has 4 nitrogen and oxygen atoms in total. The van der Waals surface area contributed by atoms with E-state index in [1.807, 2.05) is 0 Å². The highest BCUT2D eigenvalue weighted by atomic mass is 16.1. The van der Waals surface area contributed by atoms with Crippen molar-refractivity contribution in [2.24, 2.45) is 23.5 Å². The van der Waals surface area contributed by atoms with Crippen LogP contribution in [0.2, 0.25) is 0 Å². The first-order chi connectivity index (χ1) is 11.2. The molecule has 0 spiro atoms. The standard InChI is InChI=1S/C19H27N3O/c20-18-15-6-5-14(11-15)17(18)19(23)21-8-10-22-9-7-13-3-1-2-4-16(13)12-22/h1-4,14-15,17-18H,5-12,20H2,(H,21,23). The van der Waals surface area contributed by atoms with Gasteiger partial charge in [-0.25, -0.2) is 0 Å². The second kappa shape index (κ2) is 6.25. The third-order valence-electron chi connectivity index (χ3n) is 6.22. The monoisotopic (exact) mass is 313 g/mol. The van der Waals surface area contributed by atoms with Crippen molar-refractivity contribution < 1.29 is 4.79 Å². The number of carbonyl (C=O) groups is 1. The van der Waals surface area contributed by atoms with Gasteiger partial charge in [-0.2, -0.15) is 0 Å². The van der Waals surface area contributed by atoms with Crippen LogP contribution >= 0.6 is 0 Å². The minimum Gasteiger partial charge on any atom is -0.355 e. The zero-order valence-electron chi connectivity index (χ0n) is 13.7. The molecule has 2 saturated carbocycles. The smallest absolute Gasteiger partial charge is 0.225 e. The summed E-state index contributed by atoms with van der Waals surface area (Å²) in [5, 5.41) is 3.15. The van der Waals surface area contributed by atoms with Gasteiger partial charge in [-0.15, -0.1) is 0 Å². The van der Waals surface area contributed by atoms with Gasteiger partial charge in [-0.05, 0) is 48.6 Å². The van der Waals surface area contributed by atoms with Crippen molar-refractivity contribution >= 4 is 5.91 Å². The van der Waals surface area contributed by atoms with Crippen molar-refractivity contribution in [3.05, 3.63) is 35.4 Å². The largest absolute Gasteiger partial charge is 0.355 e. The Kier molecular flexibility index (Phi) is 4.12. The SMILES string of the molecule is NC1C2CCC(C2)C1C(=O)NCCN1CCc2ccccc2C1. The van der Waals surface area contributed by atoms with Crippen LogP contribution in [-0.2, 0) is 17.8 Å². The number of hydrogen-bond acceptors (Lipinski definition) is 3. The Morgan fingerprint density at radius 2 is 2.00 bits per heavy atom. The number of nitrogens with zero attached hydrogens (tertiary/aromatic N) is 1. The van der Waals surface area contributed by atoms with Crippen LogP contribution in [0.1, 0.15) is 30.4 Å². The molecule has 2 bridgehead atoms. The van der Waals surface area contributed by atoms with Crippen molar-refractivity contribution in [1.29, 1.82) is 0 Å². The Hall–Kier alpha value is -1.39. The van der Waals surface area contributed by atoms with Crippen LogP contribution < -0.4 is 11.1 Å². The molecular formula is C19H27N3O. The Balaban J connectivity index is 1.26. The average molecular weight is 313 g/mol. The lowest BCUT2D eigenvalue weighted by atomic mass is 9.84. The fourth-order valence-electron chi connectivity index (χ4n) is 4.92. The summed E-state index contributed by atoms with van der Waals surface area (Å²) >= 11 is 0. The van der Waals surface area contributed by atoms with Gasteiger partial charge >= 0.3 is 0 Å². The maximum absolute atomic E-state index is 12.5. The molecule has 3 aliphatic rings. The molecule has 1 heterocycles. The van der Waals surface area contributed by atoms with Gasteiger partial charge in [0.15, 0.2) is 0 Å². The molecule has 3 N–H and O–H groups in total.